The van der Waals surface area contributed by atoms with Gasteiger partial charge in [0.25, 0.3) is 0 Å². The van der Waals surface area contributed by atoms with Crippen LogP contribution in [0.4, 0.5) is 0 Å². The molecule has 2 aromatic rings. The van der Waals surface area contributed by atoms with Crippen molar-refractivity contribution >= 4 is 10.0 Å². The van der Waals surface area contributed by atoms with Crippen LogP contribution in [0.1, 0.15) is 75.5 Å². The minimum atomic E-state index is -3.55. The fourth-order valence-electron chi connectivity index (χ4n) is 5.08. The van der Waals surface area contributed by atoms with E-state index in [0.717, 1.165) is 56.9 Å². The van der Waals surface area contributed by atoms with Gasteiger partial charge in [0.2, 0.25) is 10.0 Å². The molecule has 1 aromatic heterocycles. The average Bonchev–Trinajstić information content (AvgIpc) is 3.11. The molecule has 2 saturated carbocycles. The zero-order chi connectivity index (χ0) is 20.3. The van der Waals surface area contributed by atoms with Crippen LogP contribution in [0.5, 0.6) is 0 Å². The predicted octanol–water partition coefficient (Wildman–Crippen LogP) is 4.90. The highest BCUT2D eigenvalue weighted by Crippen LogP contribution is 2.35. The quantitative estimate of drug-likeness (QED) is 0.674. The lowest BCUT2D eigenvalue weighted by atomic mass is 9.91. The standard InChI is InChI=1S/C23H33N3O2S/c1-19-23(18-25(24-19)17-20-11-5-2-6-12-20)29(27,28)26(21-13-7-3-8-14-21)22-15-9-4-10-16-22/h2,5-6,11-12,18,21-22H,3-4,7-10,13-17H2,1H3. The molecule has 0 bridgehead atoms. The lowest BCUT2D eigenvalue weighted by molar-refractivity contribution is 0.169. The Morgan fingerprint density at radius 3 is 2.03 bits per heavy atom. The topological polar surface area (TPSA) is 55.2 Å². The Morgan fingerprint density at radius 1 is 0.931 bits per heavy atom. The first-order valence-corrected chi connectivity index (χ1v) is 12.6. The summed E-state index contributed by atoms with van der Waals surface area (Å²) in [5.41, 5.74) is 1.73. The molecule has 2 aliphatic carbocycles. The molecule has 1 aromatic carbocycles. The first kappa shape index (κ1) is 20.6. The summed E-state index contributed by atoms with van der Waals surface area (Å²) in [5, 5.41) is 4.56. The number of hydrogen-bond donors (Lipinski definition) is 0. The van der Waals surface area contributed by atoms with Gasteiger partial charge in [0, 0.05) is 18.3 Å². The van der Waals surface area contributed by atoms with Gasteiger partial charge in [0.05, 0.1) is 12.2 Å². The summed E-state index contributed by atoms with van der Waals surface area (Å²) in [7, 11) is -3.55. The molecule has 2 aliphatic rings. The van der Waals surface area contributed by atoms with E-state index in [1.807, 2.05) is 41.6 Å². The Bertz CT molecular complexity index is 877. The first-order chi connectivity index (χ1) is 14.1. The van der Waals surface area contributed by atoms with Crippen LogP contribution in [0, 0.1) is 6.92 Å². The summed E-state index contributed by atoms with van der Waals surface area (Å²) in [4.78, 5) is 0.393. The van der Waals surface area contributed by atoms with E-state index in [9.17, 15) is 8.42 Å². The summed E-state index contributed by atoms with van der Waals surface area (Å²) >= 11 is 0. The van der Waals surface area contributed by atoms with Crippen LogP contribution in [0.25, 0.3) is 0 Å². The minimum absolute atomic E-state index is 0.147. The number of rotatable bonds is 6. The Balaban J connectivity index is 1.64. The highest BCUT2D eigenvalue weighted by molar-refractivity contribution is 7.89. The Kier molecular flexibility index (Phi) is 6.40. The Hall–Kier alpha value is -1.66. The molecule has 0 amide bonds. The molecule has 0 atom stereocenters. The monoisotopic (exact) mass is 415 g/mol. The number of benzene rings is 1. The maximum absolute atomic E-state index is 13.9. The maximum Gasteiger partial charge on any atom is 0.246 e. The smallest absolute Gasteiger partial charge is 0.246 e. The third-order valence-corrected chi connectivity index (χ3v) is 8.62. The van der Waals surface area contributed by atoms with Gasteiger partial charge in [-0.25, -0.2) is 8.42 Å². The van der Waals surface area contributed by atoms with Crippen molar-refractivity contribution in [1.82, 2.24) is 14.1 Å². The fraction of sp³-hybridized carbons (Fsp3) is 0.609. The Morgan fingerprint density at radius 2 is 1.48 bits per heavy atom. The molecule has 4 rings (SSSR count). The third-order valence-electron chi connectivity index (χ3n) is 6.51. The van der Waals surface area contributed by atoms with E-state index in [0.29, 0.717) is 17.1 Å². The SMILES string of the molecule is Cc1nn(Cc2ccccc2)cc1S(=O)(=O)N(C1CCCCC1)C1CCCCC1. The second-order valence-electron chi connectivity index (χ2n) is 8.68. The van der Waals surface area contributed by atoms with E-state index in [2.05, 4.69) is 5.10 Å². The van der Waals surface area contributed by atoms with E-state index >= 15 is 0 Å². The van der Waals surface area contributed by atoms with E-state index in [1.165, 1.54) is 12.8 Å². The van der Waals surface area contributed by atoms with Gasteiger partial charge in [-0.15, -0.1) is 0 Å². The van der Waals surface area contributed by atoms with Crippen molar-refractivity contribution in [3.8, 4) is 0 Å². The third kappa shape index (κ3) is 4.58. The van der Waals surface area contributed by atoms with Crippen LogP contribution in [0.15, 0.2) is 41.4 Å². The van der Waals surface area contributed by atoms with Crippen molar-refractivity contribution in [2.45, 2.75) is 94.7 Å². The van der Waals surface area contributed by atoms with Gasteiger partial charge in [-0.1, -0.05) is 68.9 Å². The van der Waals surface area contributed by atoms with Crippen LogP contribution < -0.4 is 0 Å². The summed E-state index contributed by atoms with van der Waals surface area (Å²) in [6, 6.07) is 10.4. The Labute approximate surface area is 175 Å². The van der Waals surface area contributed by atoms with Crippen molar-refractivity contribution in [3.05, 3.63) is 47.8 Å². The zero-order valence-corrected chi connectivity index (χ0v) is 18.3. The van der Waals surface area contributed by atoms with E-state index in [1.54, 1.807) is 10.9 Å². The highest BCUT2D eigenvalue weighted by Gasteiger charge is 2.39. The van der Waals surface area contributed by atoms with Crippen molar-refractivity contribution in [2.75, 3.05) is 0 Å². The summed E-state index contributed by atoms with van der Waals surface area (Å²) in [6.07, 6.45) is 12.7. The molecule has 0 radical (unpaired) electrons. The van der Waals surface area contributed by atoms with Gasteiger partial charge in [-0.2, -0.15) is 9.40 Å². The highest BCUT2D eigenvalue weighted by atomic mass is 32.2. The normalized spacial score (nSPS) is 19.7. The van der Waals surface area contributed by atoms with Crippen molar-refractivity contribution in [1.29, 1.82) is 0 Å². The van der Waals surface area contributed by atoms with E-state index in [-0.39, 0.29) is 12.1 Å². The second-order valence-corrected chi connectivity index (χ2v) is 10.5. The van der Waals surface area contributed by atoms with Crippen LogP contribution in [-0.4, -0.2) is 34.6 Å². The summed E-state index contributed by atoms with van der Waals surface area (Å²) in [6.45, 7) is 2.42. The minimum Gasteiger partial charge on any atom is -0.267 e. The fourth-order valence-corrected chi connectivity index (χ4v) is 7.18. The number of nitrogens with zero attached hydrogens (tertiary/aromatic N) is 3. The summed E-state index contributed by atoms with van der Waals surface area (Å²) < 4.78 is 31.5. The molecule has 2 fully saturated rings. The lowest BCUT2D eigenvalue weighted by Crippen LogP contribution is -2.48. The van der Waals surface area contributed by atoms with Crippen LogP contribution in [0.3, 0.4) is 0 Å². The van der Waals surface area contributed by atoms with Gasteiger partial charge in [0.15, 0.2) is 0 Å². The average molecular weight is 416 g/mol. The van der Waals surface area contributed by atoms with Gasteiger partial charge >= 0.3 is 0 Å². The molecule has 6 heteroatoms. The van der Waals surface area contributed by atoms with Gasteiger partial charge in [-0.05, 0) is 38.2 Å². The largest absolute Gasteiger partial charge is 0.267 e. The van der Waals surface area contributed by atoms with Crippen LogP contribution in [0.2, 0.25) is 0 Å². The molecule has 29 heavy (non-hydrogen) atoms. The molecule has 1 heterocycles. The van der Waals surface area contributed by atoms with Gasteiger partial charge < -0.3 is 0 Å². The lowest BCUT2D eigenvalue weighted by Gasteiger charge is -2.40. The molecule has 0 unspecified atom stereocenters. The zero-order valence-electron chi connectivity index (χ0n) is 17.5. The molecule has 0 saturated heterocycles. The second kappa shape index (κ2) is 9.00. The van der Waals surface area contributed by atoms with Crippen molar-refractivity contribution < 1.29 is 8.42 Å². The number of hydrogen-bond acceptors (Lipinski definition) is 3. The molecule has 158 valence electrons. The van der Waals surface area contributed by atoms with Crippen LogP contribution >= 0.6 is 0 Å². The number of sulfonamides is 1. The van der Waals surface area contributed by atoms with E-state index in [4.69, 9.17) is 0 Å². The van der Waals surface area contributed by atoms with Crippen molar-refractivity contribution in [2.24, 2.45) is 0 Å². The molecular weight excluding hydrogens is 382 g/mol. The molecule has 0 aliphatic heterocycles. The van der Waals surface area contributed by atoms with Crippen LogP contribution in [-0.2, 0) is 16.6 Å². The number of aryl methyl sites for hydroxylation is 1. The molecule has 5 nitrogen and oxygen atoms in total. The summed E-state index contributed by atoms with van der Waals surface area (Å²) in [5.74, 6) is 0. The predicted molar refractivity (Wildman–Crippen MR) is 115 cm³/mol. The molecule has 0 spiro atoms. The number of aromatic nitrogens is 2. The first-order valence-electron chi connectivity index (χ1n) is 11.2. The van der Waals surface area contributed by atoms with Gasteiger partial charge in [0.1, 0.15) is 4.90 Å². The van der Waals surface area contributed by atoms with Crippen molar-refractivity contribution in [3.63, 3.8) is 0 Å². The molecule has 0 N–H and O–H groups in total. The maximum atomic E-state index is 13.9. The van der Waals surface area contributed by atoms with Gasteiger partial charge in [-0.3, -0.25) is 4.68 Å². The van der Waals surface area contributed by atoms with E-state index < -0.39 is 10.0 Å². The molecular formula is C23H33N3O2S.